The van der Waals surface area contributed by atoms with E-state index in [-0.39, 0.29) is 12.3 Å². The van der Waals surface area contributed by atoms with Crippen LogP contribution in [0.2, 0.25) is 5.02 Å². The second-order valence-electron chi connectivity index (χ2n) is 7.26. The molecule has 0 bridgehead atoms. The standard InChI is InChI=1S/C22H23ClN4O2/c1-15-14-18(8-9-19(15)27-12-2-3-13-27)24-20(28)10-11-21-25-22(26-29-21)16-4-6-17(23)7-5-16/h4-9,14H,2-3,10-13H2,1H3,(H,24,28). The third-order valence-electron chi connectivity index (χ3n) is 5.06. The average Bonchev–Trinajstić information content (AvgIpc) is 3.39. The molecule has 0 aliphatic carbocycles. The highest BCUT2D eigenvalue weighted by molar-refractivity contribution is 6.30. The maximum Gasteiger partial charge on any atom is 0.227 e. The van der Waals surface area contributed by atoms with Crippen LogP contribution in [0.15, 0.2) is 47.0 Å². The van der Waals surface area contributed by atoms with Crippen molar-refractivity contribution in [1.29, 1.82) is 0 Å². The lowest BCUT2D eigenvalue weighted by Crippen LogP contribution is -2.19. The average molecular weight is 411 g/mol. The Bertz CT molecular complexity index is 994. The molecule has 1 N–H and O–H groups in total. The molecule has 2 heterocycles. The molecule has 29 heavy (non-hydrogen) atoms. The minimum absolute atomic E-state index is 0.0791. The maximum atomic E-state index is 12.3. The van der Waals surface area contributed by atoms with Crippen molar-refractivity contribution in [3.05, 3.63) is 58.9 Å². The number of anilines is 2. The number of carbonyl (C=O) groups excluding carboxylic acids is 1. The topological polar surface area (TPSA) is 71.3 Å². The van der Waals surface area contributed by atoms with Crippen LogP contribution in [0.4, 0.5) is 11.4 Å². The molecule has 1 saturated heterocycles. The van der Waals surface area contributed by atoms with Gasteiger partial charge in [0.2, 0.25) is 17.6 Å². The van der Waals surface area contributed by atoms with Crippen molar-refractivity contribution < 1.29 is 9.32 Å². The van der Waals surface area contributed by atoms with E-state index in [2.05, 4.69) is 33.3 Å². The minimum atomic E-state index is -0.0791. The molecule has 7 heteroatoms. The van der Waals surface area contributed by atoms with E-state index in [1.54, 1.807) is 12.1 Å². The highest BCUT2D eigenvalue weighted by Crippen LogP contribution is 2.27. The van der Waals surface area contributed by atoms with Crippen molar-refractivity contribution >= 4 is 28.9 Å². The van der Waals surface area contributed by atoms with Gasteiger partial charge in [0.1, 0.15) is 0 Å². The largest absolute Gasteiger partial charge is 0.371 e. The smallest absolute Gasteiger partial charge is 0.227 e. The second-order valence-corrected chi connectivity index (χ2v) is 7.70. The zero-order valence-corrected chi connectivity index (χ0v) is 17.1. The van der Waals surface area contributed by atoms with E-state index >= 15 is 0 Å². The SMILES string of the molecule is Cc1cc(NC(=O)CCc2nc(-c3ccc(Cl)cc3)no2)ccc1N1CCCC1. The number of aryl methyl sites for hydroxylation is 2. The van der Waals surface area contributed by atoms with Crippen LogP contribution in [0.3, 0.4) is 0 Å². The zero-order chi connectivity index (χ0) is 20.2. The van der Waals surface area contributed by atoms with Crippen molar-refractivity contribution in [2.45, 2.75) is 32.6 Å². The van der Waals surface area contributed by atoms with Gasteiger partial charge in [-0.2, -0.15) is 4.98 Å². The number of carbonyl (C=O) groups is 1. The Balaban J connectivity index is 1.32. The molecule has 1 fully saturated rings. The highest BCUT2D eigenvalue weighted by atomic mass is 35.5. The van der Waals surface area contributed by atoms with Gasteiger partial charge in [-0.15, -0.1) is 0 Å². The van der Waals surface area contributed by atoms with Gasteiger partial charge in [-0.3, -0.25) is 4.79 Å². The predicted octanol–water partition coefficient (Wildman–Crippen LogP) is 4.87. The second kappa shape index (κ2) is 8.66. The number of amides is 1. The summed E-state index contributed by atoms with van der Waals surface area (Å²) in [6, 6.07) is 13.3. The minimum Gasteiger partial charge on any atom is -0.371 e. The number of hydrogen-bond acceptors (Lipinski definition) is 5. The van der Waals surface area contributed by atoms with Crippen LogP contribution in [0.5, 0.6) is 0 Å². The molecule has 1 aliphatic heterocycles. The molecular formula is C22H23ClN4O2. The summed E-state index contributed by atoms with van der Waals surface area (Å²) in [6.07, 6.45) is 3.15. The van der Waals surface area contributed by atoms with E-state index in [0.29, 0.717) is 23.2 Å². The van der Waals surface area contributed by atoms with Gasteiger partial charge in [0.25, 0.3) is 0 Å². The summed E-state index contributed by atoms with van der Waals surface area (Å²) in [5.41, 5.74) is 4.06. The highest BCUT2D eigenvalue weighted by Gasteiger charge is 2.15. The third-order valence-corrected chi connectivity index (χ3v) is 5.32. The van der Waals surface area contributed by atoms with Crippen molar-refractivity contribution in [3.63, 3.8) is 0 Å². The van der Waals surface area contributed by atoms with Gasteiger partial charge in [0.15, 0.2) is 0 Å². The third kappa shape index (κ3) is 4.77. The van der Waals surface area contributed by atoms with E-state index in [1.165, 1.54) is 24.1 Å². The summed E-state index contributed by atoms with van der Waals surface area (Å²) in [5.74, 6) is 0.848. The quantitative estimate of drug-likeness (QED) is 0.627. The van der Waals surface area contributed by atoms with Crippen molar-refractivity contribution in [2.24, 2.45) is 0 Å². The summed E-state index contributed by atoms with van der Waals surface area (Å²) >= 11 is 5.90. The lowest BCUT2D eigenvalue weighted by Gasteiger charge is -2.20. The molecule has 0 saturated carbocycles. The van der Waals surface area contributed by atoms with Crippen molar-refractivity contribution in [1.82, 2.24) is 10.1 Å². The number of rotatable bonds is 6. The molecule has 4 rings (SSSR count). The Morgan fingerprint density at radius 3 is 2.66 bits per heavy atom. The first-order chi connectivity index (χ1) is 14.1. The van der Waals surface area contributed by atoms with Gasteiger partial charge in [0, 0.05) is 47.9 Å². The summed E-state index contributed by atoms with van der Waals surface area (Å²) in [6.45, 7) is 4.30. The Labute approximate surface area is 174 Å². The molecule has 150 valence electrons. The molecule has 0 spiro atoms. The summed E-state index contributed by atoms with van der Waals surface area (Å²) in [7, 11) is 0. The normalized spacial score (nSPS) is 13.7. The van der Waals surface area contributed by atoms with Gasteiger partial charge >= 0.3 is 0 Å². The lowest BCUT2D eigenvalue weighted by molar-refractivity contribution is -0.116. The van der Waals surface area contributed by atoms with Crippen LogP contribution in [0.25, 0.3) is 11.4 Å². The number of halogens is 1. The number of nitrogens with one attached hydrogen (secondary N) is 1. The molecule has 1 aliphatic rings. The molecule has 0 radical (unpaired) electrons. The van der Waals surface area contributed by atoms with Crippen LogP contribution < -0.4 is 10.2 Å². The fraction of sp³-hybridized carbons (Fsp3) is 0.318. The number of benzene rings is 2. The molecule has 0 atom stereocenters. The van der Waals surface area contributed by atoms with Crippen LogP contribution in [0.1, 0.15) is 30.7 Å². The molecule has 3 aromatic rings. The number of hydrogen-bond donors (Lipinski definition) is 1. The summed E-state index contributed by atoms with van der Waals surface area (Å²) in [5, 5.41) is 7.58. The first kappa shape index (κ1) is 19.5. The van der Waals surface area contributed by atoms with E-state index in [4.69, 9.17) is 16.1 Å². The van der Waals surface area contributed by atoms with Crippen molar-refractivity contribution in [3.8, 4) is 11.4 Å². The number of aromatic nitrogens is 2. The molecule has 6 nitrogen and oxygen atoms in total. The van der Waals surface area contributed by atoms with Crippen LogP contribution >= 0.6 is 11.6 Å². The Morgan fingerprint density at radius 2 is 1.93 bits per heavy atom. The van der Waals surface area contributed by atoms with E-state index in [9.17, 15) is 4.79 Å². The first-order valence-corrected chi connectivity index (χ1v) is 10.2. The monoisotopic (exact) mass is 410 g/mol. The van der Waals surface area contributed by atoms with Crippen LogP contribution in [-0.4, -0.2) is 29.1 Å². The van der Waals surface area contributed by atoms with Gasteiger partial charge < -0.3 is 14.7 Å². The van der Waals surface area contributed by atoms with Crippen LogP contribution in [0, 0.1) is 6.92 Å². The molecule has 1 amide bonds. The first-order valence-electron chi connectivity index (χ1n) is 9.82. The number of nitrogens with zero attached hydrogens (tertiary/aromatic N) is 3. The van der Waals surface area contributed by atoms with Crippen LogP contribution in [-0.2, 0) is 11.2 Å². The predicted molar refractivity (Wildman–Crippen MR) is 114 cm³/mol. The Kier molecular flexibility index (Phi) is 5.81. The molecule has 2 aromatic carbocycles. The molecular weight excluding hydrogens is 388 g/mol. The van der Waals surface area contributed by atoms with Gasteiger partial charge in [-0.25, -0.2) is 0 Å². The van der Waals surface area contributed by atoms with Gasteiger partial charge in [-0.1, -0.05) is 16.8 Å². The summed E-state index contributed by atoms with van der Waals surface area (Å²) in [4.78, 5) is 19.1. The van der Waals surface area contributed by atoms with Gasteiger partial charge in [-0.05, 0) is 67.8 Å². The molecule has 1 aromatic heterocycles. The van der Waals surface area contributed by atoms with Gasteiger partial charge in [0.05, 0.1) is 0 Å². The Morgan fingerprint density at radius 1 is 1.17 bits per heavy atom. The van der Waals surface area contributed by atoms with Crippen molar-refractivity contribution in [2.75, 3.05) is 23.3 Å². The maximum absolute atomic E-state index is 12.3. The Hall–Kier alpha value is -2.86. The fourth-order valence-corrected chi connectivity index (χ4v) is 3.69. The lowest BCUT2D eigenvalue weighted by atomic mass is 10.1. The van der Waals surface area contributed by atoms with E-state index in [0.717, 1.165) is 24.3 Å². The zero-order valence-electron chi connectivity index (χ0n) is 16.3. The van der Waals surface area contributed by atoms with E-state index < -0.39 is 0 Å². The summed E-state index contributed by atoms with van der Waals surface area (Å²) < 4.78 is 5.26. The fourth-order valence-electron chi connectivity index (χ4n) is 3.56. The molecule has 0 unspecified atom stereocenters. The van der Waals surface area contributed by atoms with E-state index in [1.807, 2.05) is 24.3 Å².